The Kier molecular flexibility index (Phi) is 9.66. The van der Waals surface area contributed by atoms with Crippen LogP contribution in [-0.4, -0.2) is 41.8 Å². The lowest BCUT2D eigenvalue weighted by molar-refractivity contribution is 0.0945. The Morgan fingerprint density at radius 2 is 1.64 bits per heavy atom. The molecule has 216 valence electrons. The summed E-state index contributed by atoms with van der Waals surface area (Å²) in [5.74, 6) is 0.287. The second-order valence-electron chi connectivity index (χ2n) is 9.73. The molecule has 0 atom stereocenters. The minimum absolute atomic E-state index is 0.191. The molecule has 4 N–H and O–H groups in total. The molecule has 0 spiro atoms. The summed E-state index contributed by atoms with van der Waals surface area (Å²) >= 11 is 0. The van der Waals surface area contributed by atoms with Gasteiger partial charge in [0.05, 0.1) is 16.4 Å². The van der Waals surface area contributed by atoms with Gasteiger partial charge in [0.1, 0.15) is 17.1 Å². The molecule has 0 radical (unpaired) electrons. The van der Waals surface area contributed by atoms with Crippen molar-refractivity contribution < 1.29 is 22.7 Å². The number of H-pyrrole nitrogens is 1. The normalized spacial score (nSPS) is 11.0. The van der Waals surface area contributed by atoms with Crippen molar-refractivity contribution in [3.05, 3.63) is 114 Å². The molecule has 0 aliphatic rings. The highest BCUT2D eigenvalue weighted by atomic mass is 32.2. The van der Waals surface area contributed by atoms with Crippen LogP contribution in [0.25, 0.3) is 10.9 Å². The lowest BCUT2D eigenvalue weighted by atomic mass is 10.2. The van der Waals surface area contributed by atoms with Crippen LogP contribution in [0.15, 0.2) is 107 Å². The number of rotatable bonds is 9. The summed E-state index contributed by atoms with van der Waals surface area (Å²) in [7, 11) is -3.65. The van der Waals surface area contributed by atoms with Crippen LogP contribution in [0.3, 0.4) is 0 Å². The molecule has 2 amide bonds. The molecule has 3 aromatic heterocycles. The van der Waals surface area contributed by atoms with Gasteiger partial charge in [0.25, 0.3) is 11.8 Å². The van der Waals surface area contributed by atoms with Crippen LogP contribution in [0, 0.1) is 5.92 Å². The predicted octanol–water partition coefficient (Wildman–Crippen LogP) is 4.54. The summed E-state index contributed by atoms with van der Waals surface area (Å²) in [6.07, 6.45) is 4.87. The van der Waals surface area contributed by atoms with Gasteiger partial charge in [-0.3, -0.25) is 19.6 Å². The van der Waals surface area contributed by atoms with Crippen LogP contribution < -0.4 is 15.8 Å². The van der Waals surface area contributed by atoms with Gasteiger partial charge >= 0.3 is 0 Å². The van der Waals surface area contributed by atoms with Gasteiger partial charge in [0.15, 0.2) is 0 Å². The Bertz CT molecular complexity index is 1720. The zero-order valence-corrected chi connectivity index (χ0v) is 24.0. The number of primary amides is 1. The maximum absolute atomic E-state index is 12.9. The molecular formula is C31H31N5O5S. The van der Waals surface area contributed by atoms with Crippen LogP contribution in [0.4, 0.5) is 0 Å². The predicted molar refractivity (Wildman–Crippen MR) is 159 cm³/mol. The lowest BCUT2D eigenvalue weighted by Crippen LogP contribution is -2.23. The second kappa shape index (κ2) is 13.6. The maximum atomic E-state index is 12.9. The Morgan fingerprint density at radius 1 is 0.952 bits per heavy atom. The standard InChI is InChI=1S/C25H25N3O4S.C6H6N2O/c1-17(2)16-32-20-5-9-22(10-6-20)33(30,31)21-7-3-18(4-8-21)14-27-25(29)24-13-19-15-26-12-11-23(19)28-24;7-6(9)5-3-1-2-4-8-5/h3-13,15,17,28H,14,16H2,1-2H3,(H,27,29);1-4H,(H2,7,9). The van der Waals surface area contributed by atoms with Crippen LogP contribution in [0.1, 0.15) is 40.4 Å². The Balaban J connectivity index is 0.000000385. The summed E-state index contributed by atoms with van der Waals surface area (Å²) in [5.41, 5.74) is 7.28. The Hall–Kier alpha value is -5.03. The summed E-state index contributed by atoms with van der Waals surface area (Å²) in [5, 5.41) is 3.70. The Labute approximate surface area is 243 Å². The fraction of sp³-hybridized carbons (Fsp3) is 0.161. The number of nitrogens with one attached hydrogen (secondary N) is 2. The molecule has 0 fully saturated rings. The van der Waals surface area contributed by atoms with Crippen molar-refractivity contribution in [1.29, 1.82) is 0 Å². The van der Waals surface area contributed by atoms with Gasteiger partial charge in [0, 0.05) is 36.0 Å². The largest absolute Gasteiger partial charge is 0.493 e. The number of hydrogen-bond donors (Lipinski definition) is 3. The van der Waals surface area contributed by atoms with E-state index in [4.69, 9.17) is 10.5 Å². The SMILES string of the molecule is CC(C)COc1ccc(S(=O)(=O)c2ccc(CNC(=O)c3cc4cnccc4[nH]3)cc2)cc1.NC(=O)c1ccccn1. The molecule has 0 aliphatic heterocycles. The van der Waals surface area contributed by atoms with Crippen molar-refractivity contribution in [2.45, 2.75) is 30.2 Å². The maximum Gasteiger partial charge on any atom is 0.267 e. The first-order chi connectivity index (χ1) is 20.1. The van der Waals surface area contributed by atoms with E-state index in [1.807, 2.05) is 13.8 Å². The van der Waals surface area contributed by atoms with Gasteiger partial charge in [-0.05, 0) is 72.1 Å². The number of hydrogen-bond acceptors (Lipinski definition) is 7. The smallest absolute Gasteiger partial charge is 0.267 e. The minimum atomic E-state index is -3.65. The first-order valence-corrected chi connectivity index (χ1v) is 14.6. The first-order valence-electron chi connectivity index (χ1n) is 13.1. The number of aromatic nitrogens is 3. The summed E-state index contributed by atoms with van der Waals surface area (Å²) in [4.78, 5) is 34.0. The summed E-state index contributed by atoms with van der Waals surface area (Å²) in [6, 6.07) is 21.5. The molecular weight excluding hydrogens is 554 g/mol. The summed E-state index contributed by atoms with van der Waals surface area (Å²) in [6.45, 7) is 4.94. The summed E-state index contributed by atoms with van der Waals surface area (Å²) < 4.78 is 31.5. The molecule has 2 aromatic carbocycles. The number of carbonyl (C=O) groups is 2. The number of nitrogens with two attached hydrogens (primary N) is 1. The number of ether oxygens (including phenoxy) is 1. The second-order valence-corrected chi connectivity index (χ2v) is 11.7. The van der Waals surface area contributed by atoms with E-state index in [1.54, 1.807) is 91.3 Å². The van der Waals surface area contributed by atoms with Crippen LogP contribution in [0.2, 0.25) is 0 Å². The van der Waals surface area contributed by atoms with E-state index in [0.29, 0.717) is 29.7 Å². The molecule has 0 aliphatic carbocycles. The van der Waals surface area contributed by atoms with E-state index in [2.05, 4.69) is 20.3 Å². The van der Waals surface area contributed by atoms with Gasteiger partial charge in [-0.1, -0.05) is 32.0 Å². The van der Waals surface area contributed by atoms with Crippen molar-refractivity contribution in [3.63, 3.8) is 0 Å². The number of nitrogens with zero attached hydrogens (tertiary/aromatic N) is 2. The third-order valence-electron chi connectivity index (χ3n) is 5.99. The highest BCUT2D eigenvalue weighted by molar-refractivity contribution is 7.91. The lowest BCUT2D eigenvalue weighted by Gasteiger charge is -2.10. The van der Waals surface area contributed by atoms with E-state index in [-0.39, 0.29) is 22.2 Å². The number of amides is 2. The van der Waals surface area contributed by atoms with Crippen molar-refractivity contribution in [3.8, 4) is 5.75 Å². The van der Waals surface area contributed by atoms with Gasteiger partial charge in [-0.2, -0.15) is 0 Å². The van der Waals surface area contributed by atoms with E-state index >= 15 is 0 Å². The molecule has 11 heteroatoms. The van der Waals surface area contributed by atoms with Gasteiger partial charge in [-0.25, -0.2) is 8.42 Å². The highest BCUT2D eigenvalue weighted by Crippen LogP contribution is 2.24. The topological polar surface area (TPSA) is 157 Å². The molecule has 5 rings (SSSR count). The van der Waals surface area contributed by atoms with Crippen LogP contribution in [0.5, 0.6) is 5.75 Å². The van der Waals surface area contributed by atoms with Gasteiger partial charge in [-0.15, -0.1) is 0 Å². The number of carbonyl (C=O) groups excluding carboxylic acids is 2. The Morgan fingerprint density at radius 3 is 2.21 bits per heavy atom. The van der Waals surface area contributed by atoms with Crippen molar-refractivity contribution in [2.24, 2.45) is 11.7 Å². The molecule has 42 heavy (non-hydrogen) atoms. The average molecular weight is 586 g/mol. The van der Waals surface area contributed by atoms with Gasteiger partial charge in [0.2, 0.25) is 9.84 Å². The van der Waals surface area contributed by atoms with E-state index in [9.17, 15) is 18.0 Å². The number of aromatic amines is 1. The van der Waals surface area contributed by atoms with Crippen molar-refractivity contribution in [1.82, 2.24) is 20.3 Å². The fourth-order valence-electron chi connectivity index (χ4n) is 3.78. The quantitative estimate of drug-likeness (QED) is 0.229. The molecule has 10 nitrogen and oxygen atoms in total. The minimum Gasteiger partial charge on any atom is -0.493 e. The average Bonchev–Trinajstić information content (AvgIpc) is 3.45. The number of benzene rings is 2. The van der Waals surface area contributed by atoms with Gasteiger partial charge < -0.3 is 20.8 Å². The zero-order valence-electron chi connectivity index (χ0n) is 23.2. The van der Waals surface area contributed by atoms with Crippen LogP contribution >= 0.6 is 0 Å². The third kappa shape index (κ3) is 7.79. The zero-order chi connectivity index (χ0) is 30.1. The molecule has 5 aromatic rings. The number of pyridine rings is 2. The fourth-order valence-corrected chi connectivity index (χ4v) is 5.04. The number of sulfone groups is 1. The molecule has 0 saturated heterocycles. The third-order valence-corrected chi connectivity index (χ3v) is 7.77. The molecule has 0 bridgehead atoms. The monoisotopic (exact) mass is 585 g/mol. The molecule has 3 heterocycles. The van der Waals surface area contributed by atoms with Crippen LogP contribution in [-0.2, 0) is 16.4 Å². The number of fused-ring (bicyclic) bond motifs is 1. The van der Waals surface area contributed by atoms with E-state index in [0.717, 1.165) is 16.5 Å². The highest BCUT2D eigenvalue weighted by Gasteiger charge is 2.18. The van der Waals surface area contributed by atoms with Crippen molar-refractivity contribution in [2.75, 3.05) is 6.61 Å². The van der Waals surface area contributed by atoms with E-state index < -0.39 is 15.7 Å². The molecule has 0 unspecified atom stereocenters. The first kappa shape index (κ1) is 29.9. The van der Waals surface area contributed by atoms with E-state index in [1.165, 1.54) is 6.20 Å². The molecule has 0 saturated carbocycles. The van der Waals surface area contributed by atoms with Crippen molar-refractivity contribution >= 4 is 32.6 Å².